The first-order valence-electron chi connectivity index (χ1n) is 9.98. The lowest BCUT2D eigenvalue weighted by molar-refractivity contribution is 0.0751. The van der Waals surface area contributed by atoms with Crippen molar-refractivity contribution in [2.24, 2.45) is 0 Å². The summed E-state index contributed by atoms with van der Waals surface area (Å²) in [6.45, 7) is 3.37. The minimum absolute atomic E-state index is 0.191. The maximum atomic E-state index is 13.0. The Bertz CT molecular complexity index is 900. The van der Waals surface area contributed by atoms with Crippen molar-refractivity contribution < 1.29 is 4.79 Å². The molecule has 1 aliphatic carbocycles. The van der Waals surface area contributed by atoms with Crippen LogP contribution in [0, 0.1) is 0 Å². The average Bonchev–Trinajstić information content (AvgIpc) is 3.44. The number of nitrogens with zero attached hydrogens (tertiary/aromatic N) is 3. The monoisotopic (exact) mass is 379 g/mol. The first kappa shape index (κ1) is 16.9. The molecule has 5 rings (SSSR count). The molecule has 0 spiro atoms. The van der Waals surface area contributed by atoms with Crippen molar-refractivity contribution in [1.29, 1.82) is 0 Å². The zero-order valence-electron chi connectivity index (χ0n) is 15.5. The van der Waals surface area contributed by atoms with Gasteiger partial charge in [0, 0.05) is 55.7 Å². The topological polar surface area (TPSA) is 28.5 Å². The number of hydrogen-bond donors (Lipinski definition) is 0. The lowest BCUT2D eigenvalue weighted by Gasteiger charge is -2.36. The van der Waals surface area contributed by atoms with E-state index in [0.717, 1.165) is 31.1 Å². The molecule has 2 aromatic heterocycles. The Morgan fingerprint density at radius 1 is 0.963 bits per heavy atom. The third-order valence-corrected chi connectivity index (χ3v) is 7.06. The van der Waals surface area contributed by atoms with E-state index in [-0.39, 0.29) is 5.91 Å². The van der Waals surface area contributed by atoms with Gasteiger partial charge in [0.25, 0.3) is 5.91 Å². The fraction of sp³-hybridized carbons (Fsp3) is 0.409. The van der Waals surface area contributed by atoms with Crippen LogP contribution in [-0.2, 0) is 0 Å². The second-order valence-corrected chi connectivity index (χ2v) is 8.77. The molecular formula is C22H25N3OS. The number of amides is 1. The van der Waals surface area contributed by atoms with E-state index in [1.165, 1.54) is 41.5 Å². The number of hydrogen-bond acceptors (Lipinski definition) is 3. The quantitative estimate of drug-likeness (QED) is 0.655. The Balaban J connectivity index is 1.26. The molecule has 140 valence electrons. The zero-order chi connectivity index (χ0) is 18.2. The van der Waals surface area contributed by atoms with Crippen LogP contribution in [0.2, 0.25) is 0 Å². The largest absolute Gasteiger partial charge is 0.368 e. The number of rotatable bonds is 3. The van der Waals surface area contributed by atoms with Crippen LogP contribution in [0.3, 0.4) is 0 Å². The molecule has 27 heavy (non-hydrogen) atoms. The number of benzene rings is 1. The van der Waals surface area contributed by atoms with Gasteiger partial charge in [-0.1, -0.05) is 31.0 Å². The summed E-state index contributed by atoms with van der Waals surface area (Å²) in [7, 11) is 0. The summed E-state index contributed by atoms with van der Waals surface area (Å²) in [4.78, 5) is 18.2. The molecule has 1 saturated heterocycles. The second kappa shape index (κ2) is 7.04. The third-order valence-electron chi connectivity index (χ3n) is 5.99. The van der Waals surface area contributed by atoms with Gasteiger partial charge in [0.15, 0.2) is 0 Å². The van der Waals surface area contributed by atoms with Crippen LogP contribution >= 0.6 is 11.3 Å². The van der Waals surface area contributed by atoms with Gasteiger partial charge in [-0.15, -0.1) is 11.3 Å². The van der Waals surface area contributed by atoms with Gasteiger partial charge >= 0.3 is 0 Å². The van der Waals surface area contributed by atoms with Crippen LogP contribution in [0.4, 0.5) is 5.69 Å². The maximum absolute atomic E-state index is 13.0. The summed E-state index contributed by atoms with van der Waals surface area (Å²) in [6, 6.07) is 13.2. The molecule has 1 aromatic carbocycles. The molecule has 1 saturated carbocycles. The third kappa shape index (κ3) is 3.25. The number of anilines is 1. The molecule has 1 aliphatic heterocycles. The number of para-hydroxylation sites is 1. The molecule has 0 unspecified atom stereocenters. The molecule has 5 heteroatoms. The minimum atomic E-state index is 0.191. The lowest BCUT2D eigenvalue weighted by atomic mass is 10.2. The van der Waals surface area contributed by atoms with Crippen molar-refractivity contribution in [2.75, 3.05) is 31.1 Å². The van der Waals surface area contributed by atoms with Crippen molar-refractivity contribution in [3.8, 4) is 0 Å². The van der Waals surface area contributed by atoms with E-state index in [1.807, 2.05) is 11.0 Å². The normalized spacial score (nSPS) is 18.5. The molecule has 1 amide bonds. The van der Waals surface area contributed by atoms with E-state index in [9.17, 15) is 4.79 Å². The van der Waals surface area contributed by atoms with Crippen LogP contribution < -0.4 is 4.90 Å². The molecule has 2 aliphatic rings. The van der Waals surface area contributed by atoms with Crippen molar-refractivity contribution in [1.82, 2.24) is 9.47 Å². The predicted molar refractivity (Wildman–Crippen MR) is 112 cm³/mol. The smallest absolute Gasteiger partial charge is 0.264 e. The van der Waals surface area contributed by atoms with Crippen molar-refractivity contribution >= 4 is 33.0 Å². The fourth-order valence-electron chi connectivity index (χ4n) is 4.44. The van der Waals surface area contributed by atoms with Gasteiger partial charge in [-0.25, -0.2) is 0 Å². The molecule has 0 radical (unpaired) electrons. The van der Waals surface area contributed by atoms with Gasteiger partial charge in [0.2, 0.25) is 0 Å². The van der Waals surface area contributed by atoms with Crippen LogP contribution in [0.5, 0.6) is 0 Å². The highest BCUT2D eigenvalue weighted by atomic mass is 32.1. The maximum Gasteiger partial charge on any atom is 0.264 e. The number of piperazine rings is 1. The van der Waals surface area contributed by atoms with Crippen LogP contribution in [0.25, 0.3) is 10.1 Å². The van der Waals surface area contributed by atoms with Gasteiger partial charge in [0.05, 0.1) is 9.58 Å². The molecule has 0 atom stereocenters. The molecule has 0 N–H and O–H groups in total. The SMILES string of the molecule is O=C(c1cc2cn(C3CCCC3)cc2s1)N1CCN(c2ccccc2)CC1. The Hall–Kier alpha value is -2.27. The first-order valence-corrected chi connectivity index (χ1v) is 10.8. The number of aromatic nitrogens is 1. The fourth-order valence-corrected chi connectivity index (χ4v) is 5.48. The van der Waals surface area contributed by atoms with Crippen molar-refractivity contribution in [3.05, 3.63) is 53.7 Å². The summed E-state index contributed by atoms with van der Waals surface area (Å²) >= 11 is 1.65. The van der Waals surface area contributed by atoms with E-state index in [1.54, 1.807) is 11.3 Å². The van der Waals surface area contributed by atoms with Crippen molar-refractivity contribution in [2.45, 2.75) is 31.7 Å². The molecule has 3 heterocycles. The molecular weight excluding hydrogens is 354 g/mol. The summed E-state index contributed by atoms with van der Waals surface area (Å²) in [6.07, 6.45) is 9.76. The average molecular weight is 380 g/mol. The van der Waals surface area contributed by atoms with E-state index in [4.69, 9.17) is 0 Å². The lowest BCUT2D eigenvalue weighted by Crippen LogP contribution is -2.48. The molecule has 2 fully saturated rings. The van der Waals surface area contributed by atoms with Gasteiger partial charge < -0.3 is 14.4 Å². The van der Waals surface area contributed by atoms with Crippen LogP contribution in [0.1, 0.15) is 41.4 Å². The Kier molecular flexibility index (Phi) is 4.40. The highest BCUT2D eigenvalue weighted by Gasteiger charge is 2.24. The molecule has 3 aromatic rings. The Morgan fingerprint density at radius 3 is 2.41 bits per heavy atom. The van der Waals surface area contributed by atoms with Crippen LogP contribution in [-0.4, -0.2) is 41.6 Å². The first-order chi connectivity index (χ1) is 13.3. The van der Waals surface area contributed by atoms with E-state index >= 15 is 0 Å². The van der Waals surface area contributed by atoms with Gasteiger partial charge in [0.1, 0.15) is 0 Å². The minimum Gasteiger partial charge on any atom is -0.368 e. The summed E-state index contributed by atoms with van der Waals surface area (Å²) in [5.74, 6) is 0.191. The Labute approximate surface area is 164 Å². The van der Waals surface area contributed by atoms with E-state index in [0.29, 0.717) is 6.04 Å². The predicted octanol–water partition coefficient (Wildman–Crippen LogP) is 4.78. The molecule has 0 bridgehead atoms. The summed E-state index contributed by atoms with van der Waals surface area (Å²) in [5, 5.41) is 1.22. The number of thiophene rings is 1. The highest BCUT2D eigenvalue weighted by molar-refractivity contribution is 7.20. The zero-order valence-corrected chi connectivity index (χ0v) is 16.3. The Morgan fingerprint density at radius 2 is 1.70 bits per heavy atom. The van der Waals surface area contributed by atoms with Crippen LogP contribution in [0.15, 0.2) is 48.8 Å². The van der Waals surface area contributed by atoms with Gasteiger partial charge in [-0.3, -0.25) is 4.79 Å². The van der Waals surface area contributed by atoms with Gasteiger partial charge in [-0.2, -0.15) is 0 Å². The van der Waals surface area contributed by atoms with Crippen molar-refractivity contribution in [3.63, 3.8) is 0 Å². The van der Waals surface area contributed by atoms with E-state index in [2.05, 4.69) is 52.2 Å². The summed E-state index contributed by atoms with van der Waals surface area (Å²) in [5.41, 5.74) is 1.25. The standard InChI is InChI=1S/C22H25N3OS/c26-22(24-12-10-23(11-13-24)18-6-2-1-3-7-18)20-14-17-15-25(16-21(17)27-20)19-8-4-5-9-19/h1-3,6-7,14-16,19H,4-5,8-13H2. The number of fused-ring (bicyclic) bond motifs is 1. The molecule has 4 nitrogen and oxygen atoms in total. The van der Waals surface area contributed by atoms with E-state index < -0.39 is 0 Å². The number of carbonyl (C=O) groups excluding carboxylic acids is 1. The summed E-state index contributed by atoms with van der Waals surface area (Å²) < 4.78 is 3.62. The highest BCUT2D eigenvalue weighted by Crippen LogP contribution is 2.34. The number of carbonyl (C=O) groups is 1. The van der Waals surface area contributed by atoms with Gasteiger partial charge in [-0.05, 0) is 31.0 Å². The second-order valence-electron chi connectivity index (χ2n) is 7.69.